The van der Waals surface area contributed by atoms with Crippen molar-refractivity contribution >= 4 is 32.4 Å². The molecule has 1 aromatic rings. The summed E-state index contributed by atoms with van der Waals surface area (Å²) in [5.41, 5.74) is 0. The van der Waals surface area contributed by atoms with Gasteiger partial charge in [-0.15, -0.1) is 0 Å². The minimum absolute atomic E-state index is 0.827. The summed E-state index contributed by atoms with van der Waals surface area (Å²) in [5, 5.41) is 1.16. The van der Waals surface area contributed by atoms with Crippen molar-refractivity contribution in [3.63, 3.8) is 0 Å². The third-order valence-corrected chi connectivity index (χ3v) is 3.70. The summed E-state index contributed by atoms with van der Waals surface area (Å²) in [4.78, 5) is 6.69. The van der Waals surface area contributed by atoms with E-state index in [-0.39, 0.29) is 0 Å². The Morgan fingerprint density at radius 2 is 2.58 bits per heavy atom. The lowest BCUT2D eigenvalue weighted by Gasteiger charge is -2.12. The highest BCUT2D eigenvalue weighted by molar-refractivity contribution is 9.11. The Morgan fingerprint density at radius 1 is 1.75 bits per heavy atom. The second kappa shape index (κ2) is 3.34. The van der Waals surface area contributed by atoms with Crippen LogP contribution in [0.5, 0.6) is 0 Å². The number of thiazole rings is 1. The van der Waals surface area contributed by atoms with E-state index in [1.165, 1.54) is 19.5 Å². The van der Waals surface area contributed by atoms with E-state index in [2.05, 4.69) is 32.7 Å². The highest BCUT2D eigenvalue weighted by atomic mass is 79.9. The van der Waals surface area contributed by atoms with E-state index < -0.39 is 0 Å². The Kier molecular flexibility index (Phi) is 2.37. The molecule has 12 heavy (non-hydrogen) atoms. The molecule has 0 spiro atoms. The van der Waals surface area contributed by atoms with Gasteiger partial charge in [0, 0.05) is 13.1 Å². The third kappa shape index (κ3) is 1.64. The molecular formula is C8H11BrN2S. The fraction of sp³-hybridized carbons (Fsp3) is 0.625. The molecule has 1 atom stereocenters. The van der Waals surface area contributed by atoms with E-state index in [9.17, 15) is 0 Å². The van der Waals surface area contributed by atoms with E-state index in [0.29, 0.717) is 0 Å². The summed E-state index contributed by atoms with van der Waals surface area (Å²) in [6.45, 7) is 4.63. The van der Waals surface area contributed by atoms with Crippen LogP contribution in [0.25, 0.3) is 0 Å². The average Bonchev–Trinajstić information content (AvgIpc) is 2.58. The Hall–Kier alpha value is -0.0900. The first-order valence-corrected chi connectivity index (χ1v) is 5.73. The Labute approximate surface area is 84.7 Å². The molecule has 2 heterocycles. The standard InChI is InChI=1S/C8H11BrN2S/c1-6-2-3-11(5-6)8-10-4-7(9)12-8/h4,6H,2-3,5H2,1H3. The molecule has 1 aliphatic heterocycles. The number of halogens is 1. The molecule has 0 amide bonds. The van der Waals surface area contributed by atoms with Gasteiger partial charge >= 0.3 is 0 Å². The van der Waals surface area contributed by atoms with Crippen LogP contribution < -0.4 is 4.90 Å². The van der Waals surface area contributed by atoms with Crippen LogP contribution in [0, 0.1) is 5.92 Å². The van der Waals surface area contributed by atoms with Crippen LogP contribution in [-0.4, -0.2) is 18.1 Å². The molecule has 1 fully saturated rings. The molecule has 0 saturated carbocycles. The van der Waals surface area contributed by atoms with Crippen molar-refractivity contribution in [1.82, 2.24) is 4.98 Å². The first kappa shape index (κ1) is 8.51. The van der Waals surface area contributed by atoms with Gasteiger partial charge in [0.1, 0.15) is 0 Å². The molecule has 2 nitrogen and oxygen atoms in total. The zero-order valence-electron chi connectivity index (χ0n) is 6.96. The maximum Gasteiger partial charge on any atom is 0.186 e. The number of hydrogen-bond donors (Lipinski definition) is 0. The van der Waals surface area contributed by atoms with Gasteiger partial charge in [-0.2, -0.15) is 0 Å². The van der Waals surface area contributed by atoms with Gasteiger partial charge in [-0.05, 0) is 28.3 Å². The Balaban J connectivity index is 2.11. The van der Waals surface area contributed by atoms with Crippen molar-refractivity contribution in [1.29, 1.82) is 0 Å². The fourth-order valence-corrected chi connectivity index (χ4v) is 2.72. The van der Waals surface area contributed by atoms with E-state index >= 15 is 0 Å². The second-order valence-electron chi connectivity index (χ2n) is 3.29. The SMILES string of the molecule is CC1CCN(c2ncc(Br)s2)C1. The lowest BCUT2D eigenvalue weighted by molar-refractivity contribution is 0.659. The molecule has 1 aliphatic rings. The molecule has 2 rings (SSSR count). The first-order valence-electron chi connectivity index (χ1n) is 4.12. The summed E-state index contributed by atoms with van der Waals surface area (Å²) >= 11 is 5.14. The van der Waals surface area contributed by atoms with Gasteiger partial charge in [0.05, 0.1) is 9.98 Å². The van der Waals surface area contributed by atoms with Gasteiger partial charge in [-0.25, -0.2) is 4.98 Å². The van der Waals surface area contributed by atoms with Crippen LogP contribution in [-0.2, 0) is 0 Å². The van der Waals surface area contributed by atoms with Gasteiger partial charge in [-0.1, -0.05) is 18.3 Å². The molecule has 4 heteroatoms. The van der Waals surface area contributed by atoms with Gasteiger partial charge in [0.15, 0.2) is 5.13 Å². The predicted molar refractivity (Wildman–Crippen MR) is 55.8 cm³/mol. The van der Waals surface area contributed by atoms with Crippen molar-refractivity contribution in [2.45, 2.75) is 13.3 Å². The molecule has 0 aliphatic carbocycles. The van der Waals surface area contributed by atoms with Gasteiger partial charge in [0.2, 0.25) is 0 Å². The van der Waals surface area contributed by atoms with Gasteiger partial charge in [-0.3, -0.25) is 0 Å². The van der Waals surface area contributed by atoms with Crippen LogP contribution in [0.15, 0.2) is 9.98 Å². The minimum atomic E-state index is 0.827. The van der Waals surface area contributed by atoms with Crippen molar-refractivity contribution in [3.8, 4) is 0 Å². The number of rotatable bonds is 1. The first-order chi connectivity index (χ1) is 5.75. The van der Waals surface area contributed by atoms with Gasteiger partial charge in [0.25, 0.3) is 0 Å². The molecule has 66 valence electrons. The zero-order chi connectivity index (χ0) is 8.55. The van der Waals surface area contributed by atoms with E-state index in [0.717, 1.165) is 14.8 Å². The molecule has 1 aromatic heterocycles. The molecule has 0 N–H and O–H groups in total. The number of nitrogens with zero attached hydrogens (tertiary/aromatic N) is 2. The highest BCUT2D eigenvalue weighted by Crippen LogP contribution is 2.30. The molecule has 0 aromatic carbocycles. The molecule has 0 bridgehead atoms. The molecular weight excluding hydrogens is 236 g/mol. The lowest BCUT2D eigenvalue weighted by Crippen LogP contribution is -2.18. The number of anilines is 1. The smallest absolute Gasteiger partial charge is 0.186 e. The average molecular weight is 247 g/mol. The summed E-state index contributed by atoms with van der Waals surface area (Å²) in [6, 6.07) is 0. The van der Waals surface area contributed by atoms with Crippen LogP contribution in [0.1, 0.15) is 13.3 Å². The Bertz CT molecular complexity index is 274. The lowest BCUT2D eigenvalue weighted by atomic mass is 10.2. The largest absolute Gasteiger partial charge is 0.348 e. The fourth-order valence-electron chi connectivity index (χ4n) is 1.50. The molecule has 0 radical (unpaired) electrons. The van der Waals surface area contributed by atoms with Gasteiger partial charge < -0.3 is 4.90 Å². The van der Waals surface area contributed by atoms with Crippen LogP contribution in [0.4, 0.5) is 5.13 Å². The number of aromatic nitrogens is 1. The predicted octanol–water partition coefficient (Wildman–Crippen LogP) is 2.75. The summed E-state index contributed by atoms with van der Waals surface area (Å²) in [5.74, 6) is 0.827. The third-order valence-electron chi connectivity index (χ3n) is 2.16. The van der Waals surface area contributed by atoms with E-state index in [4.69, 9.17) is 0 Å². The number of hydrogen-bond acceptors (Lipinski definition) is 3. The van der Waals surface area contributed by atoms with Crippen molar-refractivity contribution < 1.29 is 0 Å². The van der Waals surface area contributed by atoms with Crippen LogP contribution in [0.2, 0.25) is 0 Å². The maximum atomic E-state index is 4.33. The molecule has 1 saturated heterocycles. The van der Waals surface area contributed by atoms with Crippen LogP contribution >= 0.6 is 27.3 Å². The van der Waals surface area contributed by atoms with Crippen molar-refractivity contribution in [2.75, 3.05) is 18.0 Å². The quantitative estimate of drug-likeness (QED) is 0.758. The minimum Gasteiger partial charge on any atom is -0.348 e. The van der Waals surface area contributed by atoms with E-state index in [1.54, 1.807) is 11.3 Å². The van der Waals surface area contributed by atoms with E-state index in [1.807, 2.05) is 6.20 Å². The summed E-state index contributed by atoms with van der Waals surface area (Å²) < 4.78 is 1.12. The zero-order valence-corrected chi connectivity index (χ0v) is 9.36. The Morgan fingerprint density at radius 3 is 3.08 bits per heavy atom. The monoisotopic (exact) mass is 246 g/mol. The topological polar surface area (TPSA) is 16.1 Å². The second-order valence-corrected chi connectivity index (χ2v) is 5.68. The summed E-state index contributed by atoms with van der Waals surface area (Å²) in [6.07, 6.45) is 3.18. The van der Waals surface area contributed by atoms with Crippen molar-refractivity contribution in [2.24, 2.45) is 5.92 Å². The maximum absolute atomic E-state index is 4.33. The van der Waals surface area contributed by atoms with Crippen molar-refractivity contribution in [3.05, 3.63) is 9.98 Å². The molecule has 1 unspecified atom stereocenters. The normalized spacial score (nSPS) is 23.5. The summed E-state index contributed by atoms with van der Waals surface area (Å²) in [7, 11) is 0. The van der Waals surface area contributed by atoms with Crippen LogP contribution in [0.3, 0.4) is 0 Å². The highest BCUT2D eigenvalue weighted by Gasteiger charge is 2.20.